The molecular weight excluding hydrogens is 481 g/mol. The molecule has 0 spiro atoms. The van der Waals surface area contributed by atoms with Gasteiger partial charge in [0.2, 0.25) is 0 Å². The Labute approximate surface area is 221 Å². The lowest BCUT2D eigenvalue weighted by Crippen LogP contribution is -2.53. The minimum atomic E-state index is -0.336. The zero-order chi connectivity index (χ0) is 26.2. The van der Waals surface area contributed by atoms with Crippen molar-refractivity contribution >= 4 is 33.3 Å². The van der Waals surface area contributed by atoms with E-state index >= 15 is 4.39 Å². The summed E-state index contributed by atoms with van der Waals surface area (Å²) in [5, 5.41) is 7.59. The highest BCUT2D eigenvalue weighted by atomic mass is 19.1. The van der Waals surface area contributed by atoms with E-state index in [0.717, 1.165) is 63.1 Å². The van der Waals surface area contributed by atoms with Crippen molar-refractivity contribution in [1.82, 2.24) is 24.8 Å². The van der Waals surface area contributed by atoms with E-state index in [2.05, 4.69) is 44.2 Å². The standard InChI is InChI=1S/C29H36FN7O/c1-3-36(4-2)14-11-31-24-16-23-19(15-20(24)30)27(32-25-17-37-12-9-18(25)10-13-37)26(29(38)35-23)28-33-21-7-5-6-8-22(21)34-28/h5-8,15-16,18,25,31H,3-4,9-14,17H2,1-2H3,(H,33,34)(H2,32,35,38)/t25-/m1/s1. The van der Waals surface area contributed by atoms with E-state index in [9.17, 15) is 4.79 Å². The predicted octanol–water partition coefficient (Wildman–Crippen LogP) is 4.47. The third-order valence-electron chi connectivity index (χ3n) is 8.35. The van der Waals surface area contributed by atoms with Crippen LogP contribution in [0.2, 0.25) is 0 Å². The lowest BCUT2D eigenvalue weighted by atomic mass is 9.83. The quantitative estimate of drug-likeness (QED) is 0.262. The molecule has 2 bridgehead atoms. The number of pyridine rings is 1. The molecule has 200 valence electrons. The van der Waals surface area contributed by atoms with Crippen molar-refractivity contribution in [3.8, 4) is 11.4 Å². The largest absolute Gasteiger partial charge is 0.381 e. The van der Waals surface area contributed by atoms with Gasteiger partial charge >= 0.3 is 0 Å². The molecule has 8 nitrogen and oxygen atoms in total. The fraction of sp³-hybridized carbons (Fsp3) is 0.448. The zero-order valence-electron chi connectivity index (χ0n) is 22.1. The first-order valence-corrected chi connectivity index (χ1v) is 13.8. The monoisotopic (exact) mass is 517 g/mol. The van der Waals surface area contributed by atoms with E-state index in [1.54, 1.807) is 12.1 Å². The predicted molar refractivity (Wildman–Crippen MR) is 152 cm³/mol. The summed E-state index contributed by atoms with van der Waals surface area (Å²) in [4.78, 5) is 29.4. The number of likely N-dealkylation sites (N-methyl/N-ethyl adjacent to an activating group) is 1. The van der Waals surface area contributed by atoms with Gasteiger partial charge in [-0.15, -0.1) is 0 Å². The highest BCUT2D eigenvalue weighted by molar-refractivity contribution is 6.00. The van der Waals surface area contributed by atoms with Gasteiger partial charge in [0.15, 0.2) is 0 Å². The molecule has 1 atom stereocenters. The number of aromatic nitrogens is 3. The molecular formula is C29H36FN7O. The van der Waals surface area contributed by atoms with Crippen molar-refractivity contribution < 1.29 is 4.39 Å². The van der Waals surface area contributed by atoms with Gasteiger partial charge in [-0.2, -0.15) is 0 Å². The van der Waals surface area contributed by atoms with Gasteiger partial charge in [0.05, 0.1) is 27.9 Å². The van der Waals surface area contributed by atoms with Gasteiger partial charge in [0.1, 0.15) is 17.2 Å². The molecule has 0 amide bonds. The third kappa shape index (κ3) is 4.65. The summed E-state index contributed by atoms with van der Waals surface area (Å²) in [6.07, 6.45) is 2.27. The van der Waals surface area contributed by atoms with Gasteiger partial charge in [-0.05, 0) is 69.2 Å². The minimum absolute atomic E-state index is 0.195. The average molecular weight is 518 g/mol. The van der Waals surface area contributed by atoms with E-state index in [0.29, 0.717) is 46.1 Å². The molecule has 5 heterocycles. The van der Waals surface area contributed by atoms with Crippen molar-refractivity contribution in [1.29, 1.82) is 0 Å². The Bertz CT molecular complexity index is 1470. The van der Waals surface area contributed by atoms with Gasteiger partial charge in [0, 0.05) is 31.1 Å². The normalized spacial score (nSPS) is 21.0. The Kier molecular flexibility index (Phi) is 6.80. The number of nitrogens with one attached hydrogen (secondary N) is 4. The van der Waals surface area contributed by atoms with Crippen LogP contribution in [0.3, 0.4) is 0 Å². The van der Waals surface area contributed by atoms with Gasteiger partial charge in [0.25, 0.3) is 5.56 Å². The third-order valence-corrected chi connectivity index (χ3v) is 8.35. The molecule has 3 saturated heterocycles. The van der Waals surface area contributed by atoms with E-state index < -0.39 is 0 Å². The second-order valence-electron chi connectivity index (χ2n) is 10.5. The van der Waals surface area contributed by atoms with E-state index in [-0.39, 0.29) is 17.4 Å². The van der Waals surface area contributed by atoms with Crippen LogP contribution in [0, 0.1) is 11.7 Å². The van der Waals surface area contributed by atoms with Crippen LogP contribution in [0.5, 0.6) is 0 Å². The fourth-order valence-electron chi connectivity index (χ4n) is 6.10. The lowest BCUT2D eigenvalue weighted by Gasteiger charge is -2.45. The maximum absolute atomic E-state index is 15.5. The van der Waals surface area contributed by atoms with Gasteiger partial charge in [-0.25, -0.2) is 9.37 Å². The molecule has 0 radical (unpaired) electrons. The van der Waals surface area contributed by atoms with Crippen LogP contribution >= 0.6 is 0 Å². The van der Waals surface area contributed by atoms with Crippen molar-refractivity contribution in [3.05, 3.63) is 52.6 Å². The fourth-order valence-corrected chi connectivity index (χ4v) is 6.10. The minimum Gasteiger partial charge on any atom is -0.381 e. The Balaban J connectivity index is 1.43. The molecule has 9 heteroatoms. The number of hydrogen-bond acceptors (Lipinski definition) is 6. The first-order valence-electron chi connectivity index (χ1n) is 13.8. The molecule has 2 aromatic carbocycles. The van der Waals surface area contributed by atoms with Crippen molar-refractivity contribution in [3.63, 3.8) is 0 Å². The number of piperidine rings is 3. The molecule has 0 aliphatic carbocycles. The summed E-state index contributed by atoms with van der Waals surface area (Å²) in [7, 11) is 0. The molecule has 3 aliphatic rings. The highest BCUT2D eigenvalue weighted by Gasteiger charge is 2.35. The number of para-hydroxylation sites is 2. The number of halogens is 1. The number of H-pyrrole nitrogens is 2. The number of anilines is 2. The van der Waals surface area contributed by atoms with Crippen LogP contribution in [0.15, 0.2) is 41.2 Å². The van der Waals surface area contributed by atoms with Gasteiger partial charge < -0.3 is 30.4 Å². The summed E-state index contributed by atoms with van der Waals surface area (Å²) in [6, 6.07) is 11.2. The summed E-state index contributed by atoms with van der Waals surface area (Å²) >= 11 is 0. The van der Waals surface area contributed by atoms with Crippen LogP contribution in [0.25, 0.3) is 33.3 Å². The summed E-state index contributed by atoms with van der Waals surface area (Å²) < 4.78 is 15.5. The molecule has 7 rings (SSSR count). The number of imidazole rings is 1. The molecule has 38 heavy (non-hydrogen) atoms. The number of rotatable bonds is 9. The first-order chi connectivity index (χ1) is 18.5. The van der Waals surface area contributed by atoms with E-state index in [1.807, 2.05) is 24.3 Å². The van der Waals surface area contributed by atoms with Crippen molar-refractivity contribution in [2.45, 2.75) is 32.7 Å². The molecule has 0 unspecified atom stereocenters. The first kappa shape index (κ1) is 24.9. The van der Waals surface area contributed by atoms with Crippen molar-refractivity contribution in [2.75, 3.05) is 56.4 Å². The van der Waals surface area contributed by atoms with Crippen LogP contribution in [0.4, 0.5) is 15.8 Å². The summed E-state index contributed by atoms with van der Waals surface area (Å²) in [5.74, 6) is 0.681. The average Bonchev–Trinajstić information content (AvgIpc) is 3.36. The number of nitrogens with zero attached hydrogens (tertiary/aromatic N) is 3. The maximum atomic E-state index is 15.5. The van der Waals surface area contributed by atoms with Crippen LogP contribution < -0.4 is 16.2 Å². The SMILES string of the molecule is CCN(CC)CCNc1cc2[nH]c(=O)c(-c3nc4ccccc4[nH]3)c(N[C@@H]3CN4CCC3CC4)c2cc1F. The van der Waals surface area contributed by atoms with E-state index in [1.165, 1.54) is 0 Å². The second-order valence-corrected chi connectivity index (χ2v) is 10.5. The molecule has 4 N–H and O–H groups in total. The Hall–Kier alpha value is -3.43. The van der Waals surface area contributed by atoms with Crippen molar-refractivity contribution in [2.24, 2.45) is 5.92 Å². The maximum Gasteiger partial charge on any atom is 0.261 e. The number of hydrogen-bond donors (Lipinski definition) is 4. The Morgan fingerprint density at radius 1 is 1.11 bits per heavy atom. The van der Waals surface area contributed by atoms with Gasteiger partial charge in [-0.1, -0.05) is 26.0 Å². The zero-order valence-corrected chi connectivity index (χ0v) is 22.1. The van der Waals surface area contributed by atoms with Crippen LogP contribution in [0.1, 0.15) is 26.7 Å². The molecule has 3 aliphatic heterocycles. The van der Waals surface area contributed by atoms with Crippen LogP contribution in [-0.2, 0) is 0 Å². The molecule has 3 fully saturated rings. The topological polar surface area (TPSA) is 92.1 Å². The Morgan fingerprint density at radius 3 is 2.61 bits per heavy atom. The second kappa shape index (κ2) is 10.4. The van der Waals surface area contributed by atoms with Gasteiger partial charge in [-0.3, -0.25) is 4.79 Å². The Morgan fingerprint density at radius 2 is 1.89 bits per heavy atom. The lowest BCUT2D eigenvalue weighted by molar-refractivity contribution is 0.0976. The smallest absolute Gasteiger partial charge is 0.261 e. The number of benzene rings is 2. The molecule has 4 aromatic rings. The molecule has 2 aromatic heterocycles. The molecule has 0 saturated carbocycles. The number of fused-ring (bicyclic) bond motifs is 5. The number of aromatic amines is 2. The summed E-state index contributed by atoms with van der Waals surface area (Å²) in [5.41, 5.74) is 3.46. The highest BCUT2D eigenvalue weighted by Crippen LogP contribution is 2.37. The van der Waals surface area contributed by atoms with Crippen LogP contribution in [-0.4, -0.2) is 76.6 Å². The van der Waals surface area contributed by atoms with E-state index in [4.69, 9.17) is 4.98 Å². The summed E-state index contributed by atoms with van der Waals surface area (Å²) in [6.45, 7) is 10.7.